The number of rotatable bonds is 1. The zero-order valence-electron chi connectivity index (χ0n) is 6.82. The molecule has 3 N–H and O–H groups in total. The van der Waals surface area contributed by atoms with Gasteiger partial charge in [-0.15, -0.1) is 24.0 Å². The van der Waals surface area contributed by atoms with Crippen LogP contribution in [-0.4, -0.2) is 5.11 Å². The average molecular weight is 211 g/mol. The first kappa shape index (κ1) is 8.87. The molecule has 1 aromatic heterocycles. The zero-order chi connectivity index (χ0) is 9.42. The molecule has 1 heterocycles. The predicted molar refractivity (Wildman–Crippen MR) is 59.4 cm³/mol. The minimum Gasteiger partial charge on any atom is -0.397 e. The molecule has 0 unspecified atom stereocenters. The van der Waals surface area contributed by atoms with Gasteiger partial charge in [-0.2, -0.15) is 0 Å². The molecule has 0 fully saturated rings. The first-order valence-electron chi connectivity index (χ1n) is 3.82. The number of anilines is 1. The van der Waals surface area contributed by atoms with Crippen molar-refractivity contribution in [3.8, 4) is 0 Å². The molecule has 0 saturated carbocycles. The van der Waals surface area contributed by atoms with Crippen LogP contribution in [0.1, 0.15) is 5.56 Å². The normalized spacial score (nSPS) is 10.9. The number of aliphatic hydroxyl groups is 1. The highest BCUT2D eigenvalue weighted by molar-refractivity contribution is 7.80. The molecule has 0 aliphatic rings. The Balaban J connectivity index is 2.83. The van der Waals surface area contributed by atoms with Crippen molar-refractivity contribution in [2.75, 3.05) is 5.73 Å². The van der Waals surface area contributed by atoms with E-state index in [1.165, 1.54) is 0 Å². The second-order valence-electron chi connectivity index (χ2n) is 2.80. The molecule has 4 heteroatoms. The van der Waals surface area contributed by atoms with Gasteiger partial charge in [0.1, 0.15) is 0 Å². The Morgan fingerprint density at radius 3 is 3.00 bits per heavy atom. The fourth-order valence-corrected chi connectivity index (χ4v) is 2.47. The fourth-order valence-electron chi connectivity index (χ4n) is 1.31. The van der Waals surface area contributed by atoms with E-state index >= 15 is 0 Å². The van der Waals surface area contributed by atoms with E-state index in [1.807, 2.05) is 17.5 Å². The molecule has 0 bridgehead atoms. The number of thiol groups is 1. The number of aliphatic hydroxyl groups excluding tert-OH is 1. The van der Waals surface area contributed by atoms with Crippen LogP contribution in [0.15, 0.2) is 22.4 Å². The second kappa shape index (κ2) is 3.21. The Kier molecular flexibility index (Phi) is 2.19. The van der Waals surface area contributed by atoms with Gasteiger partial charge in [0, 0.05) is 4.90 Å². The summed E-state index contributed by atoms with van der Waals surface area (Å²) in [4.78, 5) is 0.692. The number of nitrogen functional groups attached to an aromatic ring is 1. The third-order valence-corrected chi connectivity index (χ3v) is 3.49. The summed E-state index contributed by atoms with van der Waals surface area (Å²) < 4.78 is 1.04. The Morgan fingerprint density at radius 1 is 1.54 bits per heavy atom. The second-order valence-corrected chi connectivity index (χ2v) is 4.16. The topological polar surface area (TPSA) is 46.2 Å². The molecule has 0 spiro atoms. The number of nitrogens with two attached hydrogens (primary N) is 1. The lowest BCUT2D eigenvalue weighted by Gasteiger charge is -2.05. The molecule has 0 aliphatic carbocycles. The van der Waals surface area contributed by atoms with Gasteiger partial charge in [0.25, 0.3) is 0 Å². The first-order valence-corrected chi connectivity index (χ1v) is 5.15. The Morgan fingerprint density at radius 2 is 2.31 bits per heavy atom. The van der Waals surface area contributed by atoms with Crippen LogP contribution in [0.5, 0.6) is 0 Å². The highest BCUT2D eigenvalue weighted by Crippen LogP contribution is 2.34. The van der Waals surface area contributed by atoms with Gasteiger partial charge in [0.05, 0.1) is 17.0 Å². The van der Waals surface area contributed by atoms with E-state index in [4.69, 9.17) is 10.8 Å². The summed E-state index contributed by atoms with van der Waals surface area (Å²) in [6.45, 7) is -0.0190. The van der Waals surface area contributed by atoms with Crippen LogP contribution >= 0.6 is 24.0 Å². The van der Waals surface area contributed by atoms with E-state index in [2.05, 4.69) is 12.6 Å². The van der Waals surface area contributed by atoms with Gasteiger partial charge < -0.3 is 10.8 Å². The molecular weight excluding hydrogens is 202 g/mol. The van der Waals surface area contributed by atoms with Gasteiger partial charge in [0.2, 0.25) is 0 Å². The average Bonchev–Trinajstić information content (AvgIpc) is 2.59. The SMILES string of the molecule is Nc1c(S)c(CO)cc2ccsc12. The van der Waals surface area contributed by atoms with E-state index in [1.54, 1.807) is 11.3 Å². The third kappa shape index (κ3) is 1.31. The molecule has 0 aliphatic heterocycles. The molecule has 0 atom stereocenters. The quantitative estimate of drug-likeness (QED) is 0.500. The molecule has 13 heavy (non-hydrogen) atoms. The van der Waals surface area contributed by atoms with Crippen LogP contribution in [-0.2, 0) is 6.61 Å². The monoisotopic (exact) mass is 211 g/mol. The van der Waals surface area contributed by atoms with Crippen molar-refractivity contribution in [1.82, 2.24) is 0 Å². The van der Waals surface area contributed by atoms with Crippen LogP contribution in [0, 0.1) is 0 Å². The molecule has 1 aromatic carbocycles. The summed E-state index contributed by atoms with van der Waals surface area (Å²) in [5.41, 5.74) is 7.31. The van der Waals surface area contributed by atoms with Crippen molar-refractivity contribution in [1.29, 1.82) is 0 Å². The van der Waals surface area contributed by atoms with Crippen molar-refractivity contribution in [2.24, 2.45) is 0 Å². The highest BCUT2D eigenvalue weighted by Gasteiger charge is 2.07. The first-order chi connectivity index (χ1) is 6.24. The predicted octanol–water partition coefficient (Wildman–Crippen LogP) is 2.26. The van der Waals surface area contributed by atoms with Gasteiger partial charge in [0.15, 0.2) is 0 Å². The lowest BCUT2D eigenvalue weighted by molar-refractivity contribution is 0.279. The van der Waals surface area contributed by atoms with Gasteiger partial charge >= 0.3 is 0 Å². The lowest BCUT2D eigenvalue weighted by Crippen LogP contribution is -1.93. The molecule has 2 rings (SSSR count). The number of thiophene rings is 1. The van der Waals surface area contributed by atoms with E-state index in [0.29, 0.717) is 10.6 Å². The maximum absolute atomic E-state index is 9.04. The summed E-state index contributed by atoms with van der Waals surface area (Å²) in [6, 6.07) is 3.91. The number of fused-ring (bicyclic) bond motifs is 1. The lowest BCUT2D eigenvalue weighted by atomic mass is 10.1. The fraction of sp³-hybridized carbons (Fsp3) is 0.111. The molecule has 0 saturated heterocycles. The standard InChI is InChI=1S/C9H9NOS2/c10-7-8(12)6(4-11)3-5-1-2-13-9(5)7/h1-3,11-12H,4,10H2. The van der Waals surface area contributed by atoms with Crippen molar-refractivity contribution in [3.63, 3.8) is 0 Å². The van der Waals surface area contributed by atoms with Crippen molar-refractivity contribution in [3.05, 3.63) is 23.1 Å². The maximum atomic E-state index is 9.04. The van der Waals surface area contributed by atoms with E-state index in [9.17, 15) is 0 Å². The molecule has 2 aromatic rings. The summed E-state index contributed by atoms with van der Waals surface area (Å²) in [6.07, 6.45) is 0. The Labute approximate surface area is 85.4 Å². The Hall–Kier alpha value is -0.710. The largest absolute Gasteiger partial charge is 0.397 e. The minimum absolute atomic E-state index is 0.0190. The van der Waals surface area contributed by atoms with Crippen LogP contribution in [0.25, 0.3) is 10.1 Å². The Bertz CT molecular complexity index is 450. The highest BCUT2D eigenvalue weighted by atomic mass is 32.1. The van der Waals surface area contributed by atoms with Gasteiger partial charge in [-0.25, -0.2) is 0 Å². The van der Waals surface area contributed by atoms with Gasteiger partial charge in [-0.1, -0.05) is 0 Å². The summed E-state index contributed by atoms with van der Waals surface area (Å²) in [7, 11) is 0. The maximum Gasteiger partial charge on any atom is 0.0693 e. The zero-order valence-corrected chi connectivity index (χ0v) is 8.53. The summed E-state index contributed by atoms with van der Waals surface area (Å²) in [5.74, 6) is 0. The third-order valence-electron chi connectivity index (χ3n) is 2.00. The summed E-state index contributed by atoms with van der Waals surface area (Å²) >= 11 is 5.86. The van der Waals surface area contributed by atoms with E-state index < -0.39 is 0 Å². The molecule has 0 amide bonds. The smallest absolute Gasteiger partial charge is 0.0693 e. The van der Waals surface area contributed by atoms with E-state index in [0.717, 1.165) is 15.6 Å². The molecule has 2 nitrogen and oxygen atoms in total. The number of hydrogen-bond donors (Lipinski definition) is 3. The number of hydrogen-bond acceptors (Lipinski definition) is 4. The van der Waals surface area contributed by atoms with Gasteiger partial charge in [-0.05, 0) is 28.5 Å². The summed E-state index contributed by atoms with van der Waals surface area (Å²) in [5, 5.41) is 12.1. The van der Waals surface area contributed by atoms with E-state index in [-0.39, 0.29) is 6.61 Å². The molecule has 68 valence electrons. The minimum atomic E-state index is -0.0190. The van der Waals surface area contributed by atoms with Crippen molar-refractivity contribution >= 4 is 39.7 Å². The molecule has 0 radical (unpaired) electrons. The van der Waals surface area contributed by atoms with Crippen LogP contribution in [0.2, 0.25) is 0 Å². The van der Waals surface area contributed by atoms with Crippen molar-refractivity contribution in [2.45, 2.75) is 11.5 Å². The number of benzene rings is 1. The van der Waals surface area contributed by atoms with Crippen molar-refractivity contribution < 1.29 is 5.11 Å². The van der Waals surface area contributed by atoms with Crippen LogP contribution in [0.3, 0.4) is 0 Å². The van der Waals surface area contributed by atoms with Crippen LogP contribution < -0.4 is 5.73 Å². The molecular formula is C9H9NOS2. The van der Waals surface area contributed by atoms with Crippen LogP contribution in [0.4, 0.5) is 5.69 Å². The van der Waals surface area contributed by atoms with Gasteiger partial charge in [-0.3, -0.25) is 0 Å².